The molecule has 3 unspecified atom stereocenters. The van der Waals surface area contributed by atoms with Crippen molar-refractivity contribution >= 4 is 0 Å². The van der Waals surface area contributed by atoms with E-state index in [1.807, 2.05) is 24.4 Å². The highest BCUT2D eigenvalue weighted by Crippen LogP contribution is 2.26. The summed E-state index contributed by atoms with van der Waals surface area (Å²) in [5.41, 5.74) is 1.17. The van der Waals surface area contributed by atoms with Gasteiger partial charge in [0.15, 0.2) is 0 Å². The van der Waals surface area contributed by atoms with E-state index in [-0.39, 0.29) is 5.92 Å². The highest BCUT2D eigenvalue weighted by atomic mass is 16.3. The number of benzene rings is 1. The van der Waals surface area contributed by atoms with Gasteiger partial charge >= 0.3 is 0 Å². The third-order valence-electron chi connectivity index (χ3n) is 4.34. The summed E-state index contributed by atoms with van der Waals surface area (Å²) in [5.74, 6) is 1.05. The summed E-state index contributed by atoms with van der Waals surface area (Å²) in [6, 6.07) is 10.2. The molecule has 0 amide bonds. The Morgan fingerprint density at radius 1 is 1.09 bits per heavy atom. The molecule has 0 saturated heterocycles. The summed E-state index contributed by atoms with van der Waals surface area (Å²) in [6.07, 6.45) is 7.32. The lowest BCUT2D eigenvalue weighted by Gasteiger charge is -2.23. The normalized spacial score (nSPS) is 15.3. The van der Waals surface area contributed by atoms with E-state index in [1.165, 1.54) is 5.56 Å². The van der Waals surface area contributed by atoms with Gasteiger partial charge in [-0.25, -0.2) is 4.98 Å². The fourth-order valence-electron chi connectivity index (χ4n) is 2.95. The molecule has 0 bridgehead atoms. The number of aromatic nitrogens is 2. The van der Waals surface area contributed by atoms with Gasteiger partial charge in [-0.15, -0.1) is 0 Å². The van der Waals surface area contributed by atoms with Crippen LogP contribution in [0, 0.1) is 0 Å². The van der Waals surface area contributed by atoms with Crippen molar-refractivity contribution in [2.24, 2.45) is 0 Å². The molecule has 2 rings (SSSR count). The zero-order chi connectivity index (χ0) is 16.5. The molecular formula is C19H28N2O2. The number of nitrogens with one attached hydrogen (secondary N) is 1. The molecule has 0 radical (unpaired) electrons. The molecule has 0 aliphatic carbocycles. The number of aliphatic hydroxyl groups is 2. The summed E-state index contributed by atoms with van der Waals surface area (Å²) in [4.78, 5) is 7.42. The average molecular weight is 316 g/mol. The molecule has 1 aromatic carbocycles. The Balaban J connectivity index is 1.99. The van der Waals surface area contributed by atoms with Crippen LogP contribution in [-0.4, -0.2) is 32.4 Å². The van der Waals surface area contributed by atoms with Crippen molar-refractivity contribution < 1.29 is 10.2 Å². The van der Waals surface area contributed by atoms with Crippen molar-refractivity contribution in [2.45, 2.75) is 63.6 Å². The van der Waals surface area contributed by atoms with Gasteiger partial charge in [0.1, 0.15) is 5.82 Å². The minimum absolute atomic E-state index is 0.137. The average Bonchev–Trinajstić information content (AvgIpc) is 3.08. The first kappa shape index (κ1) is 17.7. The van der Waals surface area contributed by atoms with Crippen LogP contribution in [0.25, 0.3) is 0 Å². The van der Waals surface area contributed by atoms with Crippen LogP contribution in [0.2, 0.25) is 0 Å². The summed E-state index contributed by atoms with van der Waals surface area (Å²) >= 11 is 0. The van der Waals surface area contributed by atoms with Crippen LogP contribution >= 0.6 is 0 Å². The smallest absolute Gasteiger partial charge is 0.106 e. The summed E-state index contributed by atoms with van der Waals surface area (Å²) in [6.45, 7) is 2.14. The van der Waals surface area contributed by atoms with Gasteiger partial charge < -0.3 is 15.2 Å². The maximum atomic E-state index is 10.4. The Labute approximate surface area is 138 Å². The number of hydrogen-bond acceptors (Lipinski definition) is 3. The summed E-state index contributed by atoms with van der Waals surface area (Å²) in [7, 11) is 0. The fourth-order valence-corrected chi connectivity index (χ4v) is 2.95. The molecule has 0 aliphatic heterocycles. The van der Waals surface area contributed by atoms with Crippen molar-refractivity contribution in [1.29, 1.82) is 0 Å². The topological polar surface area (TPSA) is 69.1 Å². The predicted octanol–water partition coefficient (Wildman–Crippen LogP) is 3.43. The van der Waals surface area contributed by atoms with Crippen LogP contribution < -0.4 is 0 Å². The Morgan fingerprint density at radius 2 is 1.87 bits per heavy atom. The maximum absolute atomic E-state index is 10.4. The second-order valence-electron chi connectivity index (χ2n) is 6.21. The molecule has 2 aromatic rings. The third-order valence-corrected chi connectivity index (χ3v) is 4.34. The quantitative estimate of drug-likeness (QED) is 0.588. The van der Waals surface area contributed by atoms with Crippen molar-refractivity contribution in [2.75, 3.05) is 0 Å². The lowest BCUT2D eigenvalue weighted by molar-refractivity contribution is 0.00444. The Bertz CT molecular complexity index is 528. The van der Waals surface area contributed by atoms with Crippen molar-refractivity contribution in [3.05, 3.63) is 54.1 Å². The fraction of sp³-hybridized carbons (Fsp3) is 0.526. The van der Waals surface area contributed by atoms with Crippen LogP contribution in [-0.2, 0) is 6.42 Å². The van der Waals surface area contributed by atoms with E-state index in [0.717, 1.165) is 31.5 Å². The molecule has 0 fully saturated rings. The minimum atomic E-state index is -0.702. The Hall–Kier alpha value is -1.65. The summed E-state index contributed by atoms with van der Waals surface area (Å²) in [5, 5.41) is 20.6. The molecule has 126 valence electrons. The van der Waals surface area contributed by atoms with Crippen molar-refractivity contribution in [3.8, 4) is 0 Å². The monoisotopic (exact) mass is 316 g/mol. The van der Waals surface area contributed by atoms with Crippen molar-refractivity contribution in [1.82, 2.24) is 9.97 Å². The van der Waals surface area contributed by atoms with E-state index in [0.29, 0.717) is 12.8 Å². The van der Waals surface area contributed by atoms with Crippen LogP contribution in [0.5, 0.6) is 0 Å². The zero-order valence-corrected chi connectivity index (χ0v) is 13.9. The van der Waals surface area contributed by atoms with Crippen LogP contribution in [0.1, 0.15) is 56.3 Å². The highest BCUT2D eigenvalue weighted by molar-refractivity contribution is 5.21. The van der Waals surface area contributed by atoms with E-state index in [9.17, 15) is 10.2 Å². The van der Waals surface area contributed by atoms with Gasteiger partial charge in [-0.3, -0.25) is 0 Å². The van der Waals surface area contributed by atoms with E-state index in [4.69, 9.17) is 0 Å². The first-order valence-electron chi connectivity index (χ1n) is 8.60. The number of imidazole rings is 1. The van der Waals surface area contributed by atoms with E-state index >= 15 is 0 Å². The highest BCUT2D eigenvalue weighted by Gasteiger charge is 2.23. The van der Waals surface area contributed by atoms with Gasteiger partial charge in [-0.2, -0.15) is 0 Å². The second-order valence-corrected chi connectivity index (χ2v) is 6.21. The number of unbranched alkanes of at least 4 members (excludes halogenated alkanes) is 2. The lowest BCUT2D eigenvalue weighted by atomic mass is 9.87. The number of rotatable bonds is 10. The summed E-state index contributed by atoms with van der Waals surface area (Å²) < 4.78 is 0. The molecule has 1 heterocycles. The largest absolute Gasteiger partial charge is 0.390 e. The number of H-pyrrole nitrogens is 1. The maximum Gasteiger partial charge on any atom is 0.106 e. The van der Waals surface area contributed by atoms with Gasteiger partial charge in [-0.1, -0.05) is 56.5 Å². The number of aliphatic hydroxyl groups excluding tert-OH is 2. The Kier molecular flexibility index (Phi) is 7.30. The van der Waals surface area contributed by atoms with Gasteiger partial charge in [0.25, 0.3) is 0 Å². The molecule has 3 atom stereocenters. The molecule has 0 saturated carbocycles. The molecule has 0 aliphatic rings. The first-order valence-corrected chi connectivity index (χ1v) is 8.60. The number of nitrogens with zero attached hydrogens (tertiary/aromatic N) is 1. The van der Waals surface area contributed by atoms with Gasteiger partial charge in [0, 0.05) is 18.8 Å². The van der Waals surface area contributed by atoms with Crippen LogP contribution in [0.4, 0.5) is 0 Å². The SMILES string of the molecule is CCCCCC(O)C(O)CC(Cc1ncc[nH]1)c1ccccc1. The predicted molar refractivity (Wildman–Crippen MR) is 92.2 cm³/mol. The Morgan fingerprint density at radius 3 is 2.52 bits per heavy atom. The molecule has 1 aromatic heterocycles. The number of aromatic amines is 1. The molecule has 3 N–H and O–H groups in total. The lowest BCUT2D eigenvalue weighted by Crippen LogP contribution is -2.28. The zero-order valence-electron chi connectivity index (χ0n) is 13.9. The van der Waals surface area contributed by atoms with Crippen LogP contribution in [0.3, 0.4) is 0 Å². The third kappa shape index (κ3) is 5.81. The van der Waals surface area contributed by atoms with Gasteiger partial charge in [0.05, 0.1) is 12.2 Å². The van der Waals surface area contributed by atoms with Gasteiger partial charge in [0.2, 0.25) is 0 Å². The molecule has 4 heteroatoms. The molecular weight excluding hydrogens is 288 g/mol. The van der Waals surface area contributed by atoms with E-state index in [2.05, 4.69) is 29.0 Å². The van der Waals surface area contributed by atoms with Crippen molar-refractivity contribution in [3.63, 3.8) is 0 Å². The standard InChI is InChI=1S/C19H28N2O2/c1-2-3-5-10-17(22)18(23)13-16(14-19-20-11-12-21-19)15-8-6-4-7-9-15/h4,6-9,11-12,16-18,22-23H,2-3,5,10,13-14H2,1H3,(H,20,21). The van der Waals surface area contributed by atoms with E-state index in [1.54, 1.807) is 6.20 Å². The molecule has 23 heavy (non-hydrogen) atoms. The van der Waals surface area contributed by atoms with Gasteiger partial charge in [-0.05, 0) is 24.3 Å². The second kappa shape index (κ2) is 9.48. The molecule has 0 spiro atoms. The number of hydrogen-bond donors (Lipinski definition) is 3. The minimum Gasteiger partial charge on any atom is -0.390 e. The first-order chi connectivity index (χ1) is 11.2. The molecule has 4 nitrogen and oxygen atoms in total. The van der Waals surface area contributed by atoms with Crippen LogP contribution in [0.15, 0.2) is 42.7 Å². The van der Waals surface area contributed by atoms with E-state index < -0.39 is 12.2 Å².